The first-order valence-corrected chi connectivity index (χ1v) is 4.60. The quantitative estimate of drug-likeness (QED) is 0.703. The number of esters is 1. The van der Waals surface area contributed by atoms with Crippen LogP contribution in [0.25, 0.3) is 0 Å². The van der Waals surface area contributed by atoms with E-state index < -0.39 is 0 Å². The number of methoxy groups -OCH3 is 1. The van der Waals surface area contributed by atoms with E-state index in [1.165, 1.54) is 7.11 Å². The molecule has 0 saturated carbocycles. The molecule has 1 heterocycles. The zero-order valence-corrected chi connectivity index (χ0v) is 8.81. The van der Waals surface area contributed by atoms with E-state index in [0.29, 0.717) is 5.69 Å². The molecule has 0 aromatic carbocycles. The Kier molecular flexibility index (Phi) is 3.71. The lowest BCUT2D eigenvalue weighted by Gasteiger charge is -1.97. The van der Waals surface area contributed by atoms with E-state index in [4.69, 9.17) is 0 Å². The maximum atomic E-state index is 11.3. The Morgan fingerprint density at radius 1 is 1.64 bits per heavy atom. The molecule has 1 aromatic heterocycles. The number of carbonyl (C=O) groups is 1. The maximum absolute atomic E-state index is 11.3. The normalized spacial score (nSPS) is 10.2. The van der Waals surface area contributed by atoms with Crippen LogP contribution in [0.2, 0.25) is 0 Å². The molecule has 0 aliphatic heterocycles. The third kappa shape index (κ3) is 2.35. The van der Waals surface area contributed by atoms with Crippen LogP contribution >= 0.6 is 0 Å². The number of H-pyrrole nitrogens is 1. The Hall–Kier alpha value is -1.29. The van der Waals surface area contributed by atoms with Crippen molar-refractivity contribution in [3.8, 4) is 0 Å². The largest absolute Gasteiger partial charge is 0.464 e. The molecule has 0 radical (unpaired) electrons. The van der Waals surface area contributed by atoms with Gasteiger partial charge in [0.2, 0.25) is 0 Å². The SMILES string of the molecule is CNCCc1cc(C)c(C(=O)OC)[nH]1. The van der Waals surface area contributed by atoms with Gasteiger partial charge in [-0.2, -0.15) is 0 Å². The molecule has 1 rings (SSSR count). The minimum atomic E-state index is -0.307. The summed E-state index contributed by atoms with van der Waals surface area (Å²) in [5.41, 5.74) is 2.54. The van der Waals surface area contributed by atoms with Crippen molar-refractivity contribution >= 4 is 5.97 Å². The average molecular weight is 196 g/mol. The average Bonchev–Trinajstić information content (AvgIpc) is 2.55. The molecule has 0 spiro atoms. The van der Waals surface area contributed by atoms with Crippen molar-refractivity contribution in [1.82, 2.24) is 10.3 Å². The third-order valence-electron chi connectivity index (χ3n) is 2.10. The summed E-state index contributed by atoms with van der Waals surface area (Å²) in [5, 5.41) is 3.05. The zero-order chi connectivity index (χ0) is 10.6. The van der Waals surface area contributed by atoms with Gasteiger partial charge in [-0.3, -0.25) is 0 Å². The molecule has 0 fully saturated rings. The number of nitrogens with one attached hydrogen (secondary N) is 2. The van der Waals surface area contributed by atoms with Crippen molar-refractivity contribution in [3.05, 3.63) is 23.0 Å². The Morgan fingerprint density at radius 2 is 2.36 bits per heavy atom. The van der Waals surface area contributed by atoms with Crippen molar-refractivity contribution in [2.45, 2.75) is 13.3 Å². The molecule has 78 valence electrons. The molecule has 4 heteroatoms. The van der Waals surface area contributed by atoms with Gasteiger partial charge in [0.25, 0.3) is 0 Å². The first-order chi connectivity index (χ1) is 6.69. The van der Waals surface area contributed by atoms with Gasteiger partial charge >= 0.3 is 5.97 Å². The highest BCUT2D eigenvalue weighted by Crippen LogP contribution is 2.10. The van der Waals surface area contributed by atoms with Crippen LogP contribution in [0.5, 0.6) is 0 Å². The highest BCUT2D eigenvalue weighted by molar-refractivity contribution is 5.89. The van der Waals surface area contributed by atoms with Gasteiger partial charge < -0.3 is 15.0 Å². The maximum Gasteiger partial charge on any atom is 0.354 e. The van der Waals surface area contributed by atoms with Gasteiger partial charge in [-0.1, -0.05) is 0 Å². The Balaban J connectivity index is 2.77. The number of rotatable bonds is 4. The van der Waals surface area contributed by atoms with Crippen LogP contribution in [0.1, 0.15) is 21.7 Å². The summed E-state index contributed by atoms with van der Waals surface area (Å²) in [6.45, 7) is 2.78. The second kappa shape index (κ2) is 4.81. The first-order valence-electron chi connectivity index (χ1n) is 4.60. The number of hydrogen-bond acceptors (Lipinski definition) is 3. The van der Waals surface area contributed by atoms with Crippen LogP contribution in [0.15, 0.2) is 6.07 Å². The molecule has 0 amide bonds. The van der Waals surface area contributed by atoms with Crippen molar-refractivity contribution in [2.75, 3.05) is 20.7 Å². The number of aromatic amines is 1. The monoisotopic (exact) mass is 196 g/mol. The van der Waals surface area contributed by atoms with Crippen molar-refractivity contribution in [1.29, 1.82) is 0 Å². The summed E-state index contributed by atoms with van der Waals surface area (Å²) in [4.78, 5) is 14.3. The summed E-state index contributed by atoms with van der Waals surface area (Å²) in [6, 6.07) is 1.98. The van der Waals surface area contributed by atoms with E-state index in [0.717, 1.165) is 24.2 Å². The van der Waals surface area contributed by atoms with Gasteiger partial charge in [0.05, 0.1) is 7.11 Å². The summed E-state index contributed by atoms with van der Waals surface area (Å²) >= 11 is 0. The van der Waals surface area contributed by atoms with Crippen LogP contribution in [0, 0.1) is 6.92 Å². The van der Waals surface area contributed by atoms with Crippen LogP contribution in [-0.2, 0) is 11.2 Å². The van der Waals surface area contributed by atoms with Crippen molar-refractivity contribution < 1.29 is 9.53 Å². The standard InChI is InChI=1S/C10H16N2O2/c1-7-6-8(4-5-11-2)12-9(7)10(13)14-3/h6,11-12H,4-5H2,1-3H3. The predicted molar refractivity (Wildman–Crippen MR) is 54.5 cm³/mol. The number of likely N-dealkylation sites (N-methyl/N-ethyl adjacent to an activating group) is 1. The van der Waals surface area contributed by atoms with E-state index >= 15 is 0 Å². The third-order valence-corrected chi connectivity index (χ3v) is 2.10. The lowest BCUT2D eigenvalue weighted by molar-refractivity contribution is 0.0594. The number of aryl methyl sites for hydroxylation is 1. The topological polar surface area (TPSA) is 54.1 Å². The fraction of sp³-hybridized carbons (Fsp3) is 0.500. The molecule has 0 unspecified atom stereocenters. The fourth-order valence-corrected chi connectivity index (χ4v) is 1.34. The second-order valence-electron chi connectivity index (χ2n) is 3.20. The summed E-state index contributed by atoms with van der Waals surface area (Å²) in [7, 11) is 3.28. The summed E-state index contributed by atoms with van der Waals surface area (Å²) < 4.78 is 4.65. The van der Waals surface area contributed by atoms with E-state index in [2.05, 4.69) is 15.0 Å². The second-order valence-corrected chi connectivity index (χ2v) is 3.20. The first kappa shape index (κ1) is 10.8. The number of hydrogen-bond donors (Lipinski definition) is 2. The molecule has 1 aromatic rings. The Morgan fingerprint density at radius 3 is 2.93 bits per heavy atom. The minimum Gasteiger partial charge on any atom is -0.464 e. The van der Waals surface area contributed by atoms with Gasteiger partial charge in [0, 0.05) is 12.2 Å². The predicted octanol–water partition coefficient (Wildman–Crippen LogP) is 0.872. The van der Waals surface area contributed by atoms with Crippen LogP contribution in [-0.4, -0.2) is 31.7 Å². The van der Waals surface area contributed by atoms with Gasteiger partial charge in [0.15, 0.2) is 0 Å². The summed E-state index contributed by atoms with van der Waals surface area (Å²) in [6.07, 6.45) is 0.883. The Labute approximate surface area is 83.7 Å². The Bertz CT molecular complexity index is 318. The molecule has 0 atom stereocenters. The van der Waals surface area contributed by atoms with E-state index in [9.17, 15) is 4.79 Å². The number of aromatic nitrogens is 1. The van der Waals surface area contributed by atoms with Crippen molar-refractivity contribution in [3.63, 3.8) is 0 Å². The highest BCUT2D eigenvalue weighted by atomic mass is 16.5. The van der Waals surface area contributed by atoms with E-state index in [-0.39, 0.29) is 5.97 Å². The number of ether oxygens (including phenoxy) is 1. The highest BCUT2D eigenvalue weighted by Gasteiger charge is 2.12. The zero-order valence-electron chi connectivity index (χ0n) is 8.81. The van der Waals surface area contributed by atoms with E-state index in [1.807, 2.05) is 20.0 Å². The molecule has 0 saturated heterocycles. The van der Waals surface area contributed by atoms with Crippen molar-refractivity contribution in [2.24, 2.45) is 0 Å². The van der Waals surface area contributed by atoms with Crippen LogP contribution in [0.4, 0.5) is 0 Å². The molecule has 14 heavy (non-hydrogen) atoms. The minimum absolute atomic E-state index is 0.307. The lowest BCUT2D eigenvalue weighted by Crippen LogP contribution is -2.10. The lowest BCUT2D eigenvalue weighted by atomic mass is 10.2. The van der Waals surface area contributed by atoms with Gasteiger partial charge in [-0.05, 0) is 32.0 Å². The molecule has 2 N–H and O–H groups in total. The van der Waals surface area contributed by atoms with Gasteiger partial charge in [-0.25, -0.2) is 4.79 Å². The van der Waals surface area contributed by atoms with Crippen LogP contribution in [0.3, 0.4) is 0 Å². The van der Waals surface area contributed by atoms with E-state index in [1.54, 1.807) is 0 Å². The van der Waals surface area contributed by atoms with Crippen LogP contribution < -0.4 is 5.32 Å². The molecule has 0 aliphatic carbocycles. The molecular weight excluding hydrogens is 180 g/mol. The van der Waals surface area contributed by atoms with Gasteiger partial charge in [0.1, 0.15) is 5.69 Å². The number of carbonyl (C=O) groups excluding carboxylic acids is 1. The fourth-order valence-electron chi connectivity index (χ4n) is 1.34. The molecular formula is C10H16N2O2. The molecule has 0 bridgehead atoms. The molecule has 0 aliphatic rings. The summed E-state index contributed by atoms with van der Waals surface area (Å²) in [5.74, 6) is -0.307. The van der Waals surface area contributed by atoms with Gasteiger partial charge in [-0.15, -0.1) is 0 Å². The smallest absolute Gasteiger partial charge is 0.354 e. The molecule has 4 nitrogen and oxygen atoms in total.